The van der Waals surface area contributed by atoms with Crippen molar-refractivity contribution in [2.75, 3.05) is 18.6 Å². The van der Waals surface area contributed by atoms with Crippen molar-refractivity contribution in [2.45, 2.75) is 39.2 Å². The van der Waals surface area contributed by atoms with Gasteiger partial charge in [-0.25, -0.2) is 4.79 Å². The summed E-state index contributed by atoms with van der Waals surface area (Å²) in [7, 11) is 1.73. The lowest BCUT2D eigenvalue weighted by Gasteiger charge is -2.16. The molecule has 0 unspecified atom stereocenters. The van der Waals surface area contributed by atoms with Crippen LogP contribution in [0.3, 0.4) is 0 Å². The van der Waals surface area contributed by atoms with Crippen molar-refractivity contribution in [2.24, 2.45) is 5.73 Å². The third-order valence-electron chi connectivity index (χ3n) is 5.34. The smallest absolute Gasteiger partial charge is 0.339 e. The van der Waals surface area contributed by atoms with Gasteiger partial charge >= 0.3 is 6.03 Å². The molecule has 35 heavy (non-hydrogen) atoms. The van der Waals surface area contributed by atoms with E-state index >= 15 is 0 Å². The van der Waals surface area contributed by atoms with Crippen molar-refractivity contribution in [1.29, 1.82) is 0 Å². The summed E-state index contributed by atoms with van der Waals surface area (Å²) in [6.45, 7) is 5.49. The Balaban J connectivity index is 0.000000198. The molecule has 2 heterocycles. The largest absolute Gasteiger partial charge is 0.491 e. The molecule has 0 fully saturated rings. The van der Waals surface area contributed by atoms with E-state index < -0.39 is 11.6 Å². The van der Waals surface area contributed by atoms with Crippen LogP contribution in [0.2, 0.25) is 0 Å². The highest BCUT2D eigenvalue weighted by Gasteiger charge is 2.20. The second-order valence-corrected chi connectivity index (χ2v) is 8.71. The number of benzene rings is 2. The Hall–Kier alpha value is -4.09. The number of aromatic nitrogens is 2. The molecule has 0 saturated carbocycles. The summed E-state index contributed by atoms with van der Waals surface area (Å²) in [5, 5.41) is 13.5. The number of fused-ring (bicyclic) bond motifs is 1. The molecule has 0 atom stereocenters. The van der Waals surface area contributed by atoms with Crippen LogP contribution in [0.4, 0.5) is 10.5 Å². The van der Waals surface area contributed by atoms with Crippen molar-refractivity contribution in [3.63, 3.8) is 0 Å². The molecule has 0 aliphatic carbocycles. The molecule has 0 bridgehead atoms. The van der Waals surface area contributed by atoms with Gasteiger partial charge in [0.25, 0.3) is 0 Å². The van der Waals surface area contributed by atoms with Crippen molar-refractivity contribution in [3.8, 4) is 17.6 Å². The summed E-state index contributed by atoms with van der Waals surface area (Å²) in [4.78, 5) is 24.4. The fourth-order valence-corrected chi connectivity index (χ4v) is 3.41. The van der Waals surface area contributed by atoms with Gasteiger partial charge in [-0.3, -0.25) is 4.79 Å². The molecule has 2 aromatic carbocycles. The minimum atomic E-state index is -1.04. The Kier molecular flexibility index (Phi) is 7.94. The van der Waals surface area contributed by atoms with Gasteiger partial charge in [0.1, 0.15) is 11.4 Å². The van der Waals surface area contributed by atoms with E-state index in [0.29, 0.717) is 24.5 Å². The number of aliphatic hydroxyl groups is 1. The number of primary amides is 1. The number of nitrogens with two attached hydrogens (primary N) is 1. The fraction of sp³-hybridized carbons (Fsp3) is 0.296. The number of nitrogens with zero attached hydrogens (tertiary/aromatic N) is 3. The van der Waals surface area contributed by atoms with Crippen LogP contribution in [0.15, 0.2) is 54.7 Å². The van der Waals surface area contributed by atoms with Crippen LogP contribution in [-0.4, -0.2) is 46.1 Å². The molecule has 0 saturated heterocycles. The van der Waals surface area contributed by atoms with Gasteiger partial charge in [-0.05, 0) is 50.1 Å². The van der Waals surface area contributed by atoms with Crippen LogP contribution in [0.5, 0.6) is 5.75 Å². The number of rotatable bonds is 2. The van der Waals surface area contributed by atoms with Gasteiger partial charge in [-0.1, -0.05) is 42.2 Å². The molecular formula is C27H30N4O4. The highest BCUT2D eigenvalue weighted by atomic mass is 16.5. The first-order chi connectivity index (χ1) is 16.5. The lowest BCUT2D eigenvalue weighted by molar-refractivity contribution is -0.118. The molecule has 4 rings (SSSR count). The molecule has 1 aliphatic heterocycles. The quantitative estimate of drug-likeness (QED) is 0.554. The van der Waals surface area contributed by atoms with Crippen LogP contribution in [0.25, 0.3) is 0 Å². The number of carbonyl (C=O) groups is 2. The van der Waals surface area contributed by atoms with Gasteiger partial charge in [0, 0.05) is 24.7 Å². The van der Waals surface area contributed by atoms with Gasteiger partial charge in [0.15, 0.2) is 0 Å². The summed E-state index contributed by atoms with van der Waals surface area (Å²) < 4.78 is 6.75. The van der Waals surface area contributed by atoms with Gasteiger partial charge in [0.2, 0.25) is 5.91 Å². The molecule has 2 amide bonds. The minimum Gasteiger partial charge on any atom is -0.491 e. The minimum absolute atomic E-state index is 0.0198. The number of amides is 2. The number of carbonyl (C=O) groups excluding carboxylic acids is 2. The fourth-order valence-electron chi connectivity index (χ4n) is 3.41. The van der Waals surface area contributed by atoms with Crippen molar-refractivity contribution >= 4 is 17.6 Å². The second kappa shape index (κ2) is 10.9. The molecular weight excluding hydrogens is 444 g/mol. The van der Waals surface area contributed by atoms with Gasteiger partial charge in [-0.15, -0.1) is 0 Å². The SMILES string of the molecule is CN1C(=O)CCOc2ccc(C#CC(C)(C)O)cc21.Cc1c(Cc2ccccc2)cnn1C(N)=O. The lowest BCUT2D eigenvalue weighted by Crippen LogP contribution is -2.25. The van der Waals surface area contributed by atoms with Crippen LogP contribution >= 0.6 is 0 Å². The Morgan fingerprint density at radius 2 is 1.94 bits per heavy atom. The molecule has 182 valence electrons. The molecule has 1 aliphatic rings. The Bertz CT molecular complexity index is 1260. The molecule has 1 aromatic heterocycles. The van der Waals surface area contributed by atoms with Gasteiger partial charge in [-0.2, -0.15) is 9.78 Å². The summed E-state index contributed by atoms with van der Waals surface area (Å²) in [5.41, 5.74) is 8.61. The average molecular weight is 475 g/mol. The highest BCUT2D eigenvalue weighted by Crippen LogP contribution is 2.31. The van der Waals surface area contributed by atoms with Crippen LogP contribution in [0, 0.1) is 18.8 Å². The van der Waals surface area contributed by atoms with Crippen molar-refractivity contribution < 1.29 is 19.4 Å². The van der Waals surface area contributed by atoms with E-state index in [2.05, 4.69) is 16.9 Å². The molecule has 0 spiro atoms. The third kappa shape index (κ3) is 6.95. The number of ether oxygens (including phenoxy) is 1. The Morgan fingerprint density at radius 3 is 2.57 bits per heavy atom. The lowest BCUT2D eigenvalue weighted by atomic mass is 10.1. The maximum absolute atomic E-state index is 11.8. The topological polar surface area (TPSA) is 111 Å². The summed E-state index contributed by atoms with van der Waals surface area (Å²) in [6.07, 6.45) is 2.82. The maximum Gasteiger partial charge on any atom is 0.339 e. The predicted octanol–water partition coefficient (Wildman–Crippen LogP) is 3.26. The second-order valence-electron chi connectivity index (χ2n) is 8.71. The maximum atomic E-state index is 11.8. The first-order valence-corrected chi connectivity index (χ1v) is 11.2. The normalized spacial score (nSPS) is 12.8. The zero-order chi connectivity index (χ0) is 25.6. The predicted molar refractivity (Wildman–Crippen MR) is 134 cm³/mol. The van der Waals surface area contributed by atoms with Crippen LogP contribution in [-0.2, 0) is 11.2 Å². The molecule has 8 nitrogen and oxygen atoms in total. The van der Waals surface area contributed by atoms with E-state index in [9.17, 15) is 14.7 Å². The van der Waals surface area contributed by atoms with E-state index in [1.54, 1.807) is 44.1 Å². The third-order valence-corrected chi connectivity index (χ3v) is 5.34. The number of hydrogen-bond acceptors (Lipinski definition) is 5. The van der Waals surface area contributed by atoms with E-state index in [4.69, 9.17) is 10.5 Å². The molecule has 3 aromatic rings. The molecule has 8 heteroatoms. The summed E-state index contributed by atoms with van der Waals surface area (Å²) >= 11 is 0. The van der Waals surface area contributed by atoms with Crippen molar-refractivity contribution in [1.82, 2.24) is 9.78 Å². The molecule has 3 N–H and O–H groups in total. The zero-order valence-corrected chi connectivity index (χ0v) is 20.4. The Morgan fingerprint density at radius 1 is 1.23 bits per heavy atom. The van der Waals surface area contributed by atoms with E-state index in [1.165, 1.54) is 10.2 Å². The summed E-state index contributed by atoms with van der Waals surface area (Å²) in [5.74, 6) is 6.35. The number of hydrogen-bond donors (Lipinski definition) is 2. The van der Waals surface area contributed by atoms with Crippen molar-refractivity contribution in [3.05, 3.63) is 77.1 Å². The standard InChI is InChI=1S/C15H17NO3.C12H13N3O/c1-15(2,18)8-6-11-4-5-13-12(10-11)16(3)14(17)7-9-19-13;1-9-11(8-14-15(9)12(13)16)7-10-5-3-2-4-6-10/h4-5,10,18H,7,9H2,1-3H3;2-6,8H,7H2,1H3,(H2,13,16). The first kappa shape index (κ1) is 25.5. The van der Waals surface area contributed by atoms with Gasteiger partial charge in [0.05, 0.1) is 24.9 Å². The van der Waals surface area contributed by atoms with Crippen LogP contribution in [0.1, 0.15) is 42.7 Å². The van der Waals surface area contributed by atoms with Gasteiger partial charge < -0.3 is 20.5 Å². The van der Waals surface area contributed by atoms with E-state index in [-0.39, 0.29) is 5.91 Å². The molecule has 0 radical (unpaired) electrons. The number of anilines is 1. The highest BCUT2D eigenvalue weighted by molar-refractivity contribution is 5.95. The Labute approximate surface area is 205 Å². The van der Waals surface area contributed by atoms with E-state index in [1.807, 2.05) is 43.3 Å². The van der Waals surface area contributed by atoms with E-state index in [0.717, 1.165) is 23.2 Å². The summed E-state index contributed by atoms with van der Waals surface area (Å²) in [6, 6.07) is 14.9. The monoisotopic (exact) mass is 474 g/mol. The first-order valence-electron chi connectivity index (χ1n) is 11.2. The average Bonchev–Trinajstić information content (AvgIpc) is 3.11. The zero-order valence-electron chi connectivity index (χ0n) is 20.4. The van der Waals surface area contributed by atoms with Crippen LogP contribution < -0.4 is 15.4 Å².